The summed E-state index contributed by atoms with van der Waals surface area (Å²) in [6, 6.07) is 7.36. The van der Waals surface area contributed by atoms with Crippen molar-refractivity contribution in [3.63, 3.8) is 0 Å². The molecule has 1 aromatic carbocycles. The van der Waals surface area contributed by atoms with E-state index in [4.69, 9.17) is 14.2 Å². The molecule has 0 saturated carbocycles. The summed E-state index contributed by atoms with van der Waals surface area (Å²) in [5, 5.41) is 0. The smallest absolute Gasteiger partial charge is 0.316 e. The van der Waals surface area contributed by atoms with Crippen molar-refractivity contribution in [1.82, 2.24) is 0 Å². The van der Waals surface area contributed by atoms with Gasteiger partial charge in [-0.05, 0) is 50.8 Å². The zero-order valence-electron chi connectivity index (χ0n) is 18.6. The Morgan fingerprint density at radius 1 is 1.13 bits per heavy atom. The Morgan fingerprint density at radius 3 is 2.52 bits per heavy atom. The molecular weight excluding hydrogens is 398 g/mol. The van der Waals surface area contributed by atoms with Crippen LogP contribution in [-0.4, -0.2) is 43.8 Å². The minimum absolute atomic E-state index is 0.218. The molecule has 2 aliphatic rings. The minimum atomic E-state index is -0.919. The number of benzene rings is 1. The fourth-order valence-electron chi connectivity index (χ4n) is 4.56. The van der Waals surface area contributed by atoms with Gasteiger partial charge in [-0.25, -0.2) is 0 Å². The standard InChI is InChI=1S/C24H29NO6/c1-6-30-16-10-8-9-15(12-16)20-19(24(28)31-7-2)14(4)25-17-11-13(3)18(23(27)29-5)22(26)21(17)20/h8-10,12-13,18-20H,6-7,11H2,1-5H3/t13-,18+,19-,20+/m1/s1. The molecule has 0 aromatic heterocycles. The number of hydrogen-bond acceptors (Lipinski definition) is 7. The number of methoxy groups -OCH3 is 1. The highest BCUT2D eigenvalue weighted by molar-refractivity contribution is 6.14. The summed E-state index contributed by atoms with van der Waals surface area (Å²) in [7, 11) is 1.28. The van der Waals surface area contributed by atoms with Crippen LogP contribution in [0.5, 0.6) is 5.75 Å². The van der Waals surface area contributed by atoms with Crippen LogP contribution < -0.4 is 4.74 Å². The number of hydrogen-bond donors (Lipinski definition) is 0. The lowest BCUT2D eigenvalue weighted by Gasteiger charge is -2.38. The number of ether oxygens (including phenoxy) is 3. The Morgan fingerprint density at radius 2 is 1.87 bits per heavy atom. The van der Waals surface area contributed by atoms with Gasteiger partial charge in [0.15, 0.2) is 5.78 Å². The molecule has 1 aromatic rings. The van der Waals surface area contributed by atoms with Gasteiger partial charge in [0, 0.05) is 22.9 Å². The van der Waals surface area contributed by atoms with Crippen LogP contribution in [-0.2, 0) is 23.9 Å². The molecule has 0 saturated heterocycles. The van der Waals surface area contributed by atoms with Crippen LogP contribution in [0, 0.1) is 17.8 Å². The molecule has 0 fully saturated rings. The maximum Gasteiger partial charge on any atom is 0.316 e. The Bertz CT molecular complexity index is 947. The second kappa shape index (κ2) is 9.45. The molecule has 0 radical (unpaired) electrons. The molecule has 4 atom stereocenters. The number of carbonyl (C=O) groups excluding carboxylic acids is 3. The van der Waals surface area contributed by atoms with E-state index in [2.05, 4.69) is 4.99 Å². The van der Waals surface area contributed by atoms with E-state index in [1.54, 1.807) is 13.8 Å². The molecule has 3 rings (SSSR count). The van der Waals surface area contributed by atoms with E-state index in [9.17, 15) is 14.4 Å². The molecule has 0 unspecified atom stereocenters. The van der Waals surface area contributed by atoms with E-state index < -0.39 is 29.7 Å². The topological polar surface area (TPSA) is 91.3 Å². The van der Waals surface area contributed by atoms with Crippen molar-refractivity contribution in [2.45, 2.75) is 40.0 Å². The van der Waals surface area contributed by atoms with Crippen LogP contribution in [0.15, 0.2) is 40.5 Å². The van der Waals surface area contributed by atoms with Crippen molar-refractivity contribution in [2.75, 3.05) is 20.3 Å². The fraction of sp³-hybridized carbons (Fsp3) is 0.500. The third-order valence-corrected chi connectivity index (χ3v) is 5.87. The molecule has 0 bridgehead atoms. The van der Waals surface area contributed by atoms with Crippen LogP contribution in [0.4, 0.5) is 0 Å². The van der Waals surface area contributed by atoms with Gasteiger partial charge in [0.2, 0.25) is 0 Å². The highest BCUT2D eigenvalue weighted by Gasteiger charge is 2.49. The van der Waals surface area contributed by atoms with Crippen LogP contribution in [0.1, 0.15) is 45.6 Å². The number of nitrogens with zero attached hydrogens (tertiary/aromatic N) is 1. The maximum atomic E-state index is 13.6. The maximum absolute atomic E-state index is 13.6. The molecule has 31 heavy (non-hydrogen) atoms. The predicted molar refractivity (Wildman–Crippen MR) is 115 cm³/mol. The monoisotopic (exact) mass is 427 g/mol. The van der Waals surface area contributed by atoms with Gasteiger partial charge in [-0.15, -0.1) is 0 Å². The van der Waals surface area contributed by atoms with Gasteiger partial charge in [0.05, 0.1) is 20.3 Å². The van der Waals surface area contributed by atoms with E-state index in [0.717, 1.165) is 5.56 Å². The largest absolute Gasteiger partial charge is 0.494 e. The molecular formula is C24H29NO6. The van der Waals surface area contributed by atoms with E-state index in [0.29, 0.717) is 35.8 Å². The lowest BCUT2D eigenvalue weighted by Crippen LogP contribution is -2.43. The first-order chi connectivity index (χ1) is 14.8. The van der Waals surface area contributed by atoms with E-state index >= 15 is 0 Å². The Hall–Kier alpha value is -2.96. The lowest BCUT2D eigenvalue weighted by molar-refractivity contribution is -0.151. The highest BCUT2D eigenvalue weighted by atomic mass is 16.5. The fourth-order valence-corrected chi connectivity index (χ4v) is 4.56. The SMILES string of the molecule is CCOC(=O)[C@@H]1C(C)=NC2=C(C(=O)[C@@H](C(=O)OC)[C@H](C)C2)[C@H]1c1cccc(OCC)c1. The lowest BCUT2D eigenvalue weighted by atomic mass is 9.67. The van der Waals surface area contributed by atoms with Crippen molar-refractivity contribution < 1.29 is 28.6 Å². The van der Waals surface area contributed by atoms with E-state index in [-0.39, 0.29) is 18.3 Å². The van der Waals surface area contributed by atoms with Crippen molar-refractivity contribution >= 4 is 23.4 Å². The van der Waals surface area contributed by atoms with Crippen molar-refractivity contribution in [2.24, 2.45) is 22.7 Å². The zero-order valence-corrected chi connectivity index (χ0v) is 18.6. The minimum Gasteiger partial charge on any atom is -0.494 e. The predicted octanol–water partition coefficient (Wildman–Crippen LogP) is 3.47. The summed E-state index contributed by atoms with van der Waals surface area (Å²) in [5.41, 5.74) is 2.37. The first-order valence-corrected chi connectivity index (χ1v) is 10.6. The highest BCUT2D eigenvalue weighted by Crippen LogP contribution is 2.47. The second-order valence-corrected chi connectivity index (χ2v) is 7.87. The van der Waals surface area contributed by atoms with Crippen LogP contribution in [0.3, 0.4) is 0 Å². The number of aliphatic imine (C=N–C) groups is 1. The third-order valence-electron chi connectivity index (χ3n) is 5.87. The van der Waals surface area contributed by atoms with Crippen molar-refractivity contribution in [3.8, 4) is 5.75 Å². The van der Waals surface area contributed by atoms with Crippen LogP contribution in [0.2, 0.25) is 0 Å². The summed E-state index contributed by atoms with van der Waals surface area (Å²) in [6.45, 7) is 7.96. The average Bonchev–Trinajstić information content (AvgIpc) is 2.73. The summed E-state index contributed by atoms with van der Waals surface area (Å²) < 4.78 is 15.9. The molecule has 0 spiro atoms. The molecule has 1 heterocycles. The molecule has 1 aliphatic heterocycles. The van der Waals surface area contributed by atoms with E-state index in [1.165, 1.54) is 7.11 Å². The van der Waals surface area contributed by atoms with Crippen LogP contribution in [0.25, 0.3) is 0 Å². The van der Waals surface area contributed by atoms with Crippen LogP contribution >= 0.6 is 0 Å². The first-order valence-electron chi connectivity index (χ1n) is 10.6. The summed E-state index contributed by atoms with van der Waals surface area (Å²) in [4.78, 5) is 43.6. The summed E-state index contributed by atoms with van der Waals surface area (Å²) in [5.74, 6) is -3.23. The van der Waals surface area contributed by atoms with Crippen molar-refractivity contribution in [1.29, 1.82) is 0 Å². The van der Waals surface area contributed by atoms with Gasteiger partial charge in [-0.1, -0.05) is 19.1 Å². The number of Topliss-reactive ketones (excluding diaryl/α,β-unsaturated/α-hetero) is 1. The molecule has 0 N–H and O–H groups in total. The molecule has 0 amide bonds. The molecule has 7 heteroatoms. The number of allylic oxidation sites excluding steroid dienone is 2. The Kier molecular flexibility index (Phi) is 6.93. The van der Waals surface area contributed by atoms with Crippen molar-refractivity contribution in [3.05, 3.63) is 41.1 Å². The van der Waals surface area contributed by atoms with Gasteiger partial charge in [-0.2, -0.15) is 0 Å². The Balaban J connectivity index is 2.18. The molecule has 7 nitrogen and oxygen atoms in total. The third kappa shape index (κ3) is 4.27. The number of ketones is 1. The Labute approximate surface area is 182 Å². The van der Waals surface area contributed by atoms with Gasteiger partial charge >= 0.3 is 11.9 Å². The van der Waals surface area contributed by atoms with Gasteiger partial charge in [-0.3, -0.25) is 19.4 Å². The summed E-state index contributed by atoms with van der Waals surface area (Å²) in [6.07, 6.45) is 0.454. The zero-order chi connectivity index (χ0) is 22.7. The normalized spacial score (nSPS) is 25.5. The van der Waals surface area contributed by atoms with Gasteiger partial charge in [0.25, 0.3) is 0 Å². The number of rotatable bonds is 6. The molecule has 166 valence electrons. The quantitative estimate of drug-likeness (QED) is 0.510. The van der Waals surface area contributed by atoms with Gasteiger partial charge in [0.1, 0.15) is 17.6 Å². The number of esters is 2. The summed E-state index contributed by atoms with van der Waals surface area (Å²) >= 11 is 0. The molecule has 1 aliphatic carbocycles. The van der Waals surface area contributed by atoms with Gasteiger partial charge < -0.3 is 14.2 Å². The number of carbonyl (C=O) groups is 3. The second-order valence-electron chi connectivity index (χ2n) is 7.87. The average molecular weight is 427 g/mol. The first kappa shape index (κ1) is 22.7. The van der Waals surface area contributed by atoms with E-state index in [1.807, 2.05) is 38.1 Å².